The van der Waals surface area contributed by atoms with Gasteiger partial charge in [-0.2, -0.15) is 15.5 Å². The van der Waals surface area contributed by atoms with Crippen LogP contribution in [0.4, 0.5) is 15.9 Å². The van der Waals surface area contributed by atoms with Gasteiger partial charge in [-0.3, -0.25) is 19.9 Å². The van der Waals surface area contributed by atoms with Crippen molar-refractivity contribution in [1.29, 1.82) is 5.26 Å². The van der Waals surface area contributed by atoms with Gasteiger partial charge in [-0.1, -0.05) is 0 Å². The SMILES string of the molecule is CC(C)(O)C(F)CNC(=O)c1cnc(-c2ccc3cc(C#N)cnn23)cc1Nc1cnc(-c2cn[nH]c2)cn1. The van der Waals surface area contributed by atoms with E-state index in [9.17, 15) is 14.3 Å². The van der Waals surface area contributed by atoms with E-state index in [2.05, 4.69) is 47.0 Å². The number of fused-ring (bicyclic) bond motifs is 1. The van der Waals surface area contributed by atoms with Gasteiger partial charge in [-0.05, 0) is 38.1 Å². The lowest BCUT2D eigenvalue weighted by atomic mass is 10.0. The molecule has 196 valence electrons. The Balaban J connectivity index is 1.49. The Labute approximate surface area is 221 Å². The van der Waals surface area contributed by atoms with E-state index in [0.717, 1.165) is 5.56 Å². The van der Waals surface area contributed by atoms with Gasteiger partial charge in [0.05, 0.1) is 76.3 Å². The molecule has 0 fully saturated rings. The Kier molecular flexibility index (Phi) is 6.70. The van der Waals surface area contributed by atoms with Crippen LogP contribution in [-0.4, -0.2) is 64.1 Å². The normalized spacial score (nSPS) is 12.2. The zero-order valence-corrected chi connectivity index (χ0v) is 20.9. The first-order valence-electron chi connectivity index (χ1n) is 11.8. The number of halogens is 1. The van der Waals surface area contributed by atoms with Gasteiger partial charge in [0, 0.05) is 18.0 Å². The lowest BCUT2D eigenvalue weighted by Crippen LogP contribution is -2.42. The molecule has 0 aliphatic carbocycles. The van der Waals surface area contributed by atoms with E-state index < -0.39 is 24.2 Å². The zero-order valence-electron chi connectivity index (χ0n) is 20.9. The van der Waals surface area contributed by atoms with Gasteiger partial charge in [-0.15, -0.1) is 0 Å². The predicted octanol–water partition coefficient (Wildman–Crippen LogP) is 3.03. The number of aromatic nitrogens is 7. The summed E-state index contributed by atoms with van der Waals surface area (Å²) in [7, 11) is 0. The van der Waals surface area contributed by atoms with Crippen molar-refractivity contribution in [3.8, 4) is 28.7 Å². The second-order valence-corrected chi connectivity index (χ2v) is 9.26. The molecule has 5 heterocycles. The molecule has 0 bridgehead atoms. The number of rotatable bonds is 8. The van der Waals surface area contributed by atoms with Crippen molar-refractivity contribution in [3.63, 3.8) is 0 Å². The van der Waals surface area contributed by atoms with Gasteiger partial charge in [-0.25, -0.2) is 13.9 Å². The third-order valence-electron chi connectivity index (χ3n) is 5.96. The second kappa shape index (κ2) is 10.3. The number of pyridine rings is 1. The van der Waals surface area contributed by atoms with E-state index in [1.807, 2.05) is 0 Å². The van der Waals surface area contributed by atoms with Crippen molar-refractivity contribution in [2.75, 3.05) is 11.9 Å². The molecular formula is C26H23FN10O2. The number of hydrogen-bond acceptors (Lipinski definition) is 9. The number of nitrogens with zero attached hydrogens (tertiary/aromatic N) is 7. The summed E-state index contributed by atoms with van der Waals surface area (Å²) in [6, 6.07) is 9.00. The van der Waals surface area contributed by atoms with Crippen molar-refractivity contribution >= 4 is 22.9 Å². The standard InChI is InChI=1S/C26H23FN10O2/c1-26(2,39)23(27)13-32-25(38)18-11-29-20(22-4-3-17-5-15(7-28)8-35-37(17)22)6-19(18)36-24-14-30-21(12-31-24)16-9-33-34-10-16/h3-6,8-12,14,23,39H,13H2,1-2H3,(H,32,38)(H,33,34)(H,29,31,36). The van der Waals surface area contributed by atoms with Crippen LogP contribution in [0.1, 0.15) is 29.8 Å². The molecule has 5 rings (SSSR count). The molecule has 1 unspecified atom stereocenters. The minimum Gasteiger partial charge on any atom is -0.387 e. The summed E-state index contributed by atoms with van der Waals surface area (Å²) in [4.78, 5) is 26.3. The number of hydrogen-bond donors (Lipinski definition) is 4. The molecule has 0 spiro atoms. The predicted molar refractivity (Wildman–Crippen MR) is 140 cm³/mol. The lowest BCUT2D eigenvalue weighted by molar-refractivity contribution is -0.00177. The molecule has 0 aromatic carbocycles. The highest BCUT2D eigenvalue weighted by Crippen LogP contribution is 2.27. The van der Waals surface area contributed by atoms with Crippen molar-refractivity contribution in [2.24, 2.45) is 0 Å². The molecule has 4 N–H and O–H groups in total. The monoisotopic (exact) mass is 526 g/mol. The Morgan fingerprint density at radius 2 is 1.97 bits per heavy atom. The van der Waals surface area contributed by atoms with Gasteiger partial charge >= 0.3 is 0 Å². The molecule has 12 nitrogen and oxygen atoms in total. The maximum Gasteiger partial charge on any atom is 0.255 e. The lowest BCUT2D eigenvalue weighted by Gasteiger charge is -2.22. The molecule has 1 atom stereocenters. The first-order valence-corrected chi connectivity index (χ1v) is 11.8. The van der Waals surface area contributed by atoms with Crippen LogP contribution in [-0.2, 0) is 0 Å². The van der Waals surface area contributed by atoms with Crippen molar-refractivity contribution in [3.05, 3.63) is 72.6 Å². The fourth-order valence-electron chi connectivity index (χ4n) is 3.73. The van der Waals surface area contributed by atoms with Crippen LogP contribution in [0.25, 0.3) is 28.2 Å². The van der Waals surface area contributed by atoms with Crippen LogP contribution in [0.15, 0.2) is 61.4 Å². The second-order valence-electron chi connectivity index (χ2n) is 9.26. The van der Waals surface area contributed by atoms with Gasteiger partial charge in [0.2, 0.25) is 0 Å². The third kappa shape index (κ3) is 5.41. The highest BCUT2D eigenvalue weighted by molar-refractivity contribution is 6.00. The average Bonchev–Trinajstić information content (AvgIpc) is 3.61. The highest BCUT2D eigenvalue weighted by atomic mass is 19.1. The summed E-state index contributed by atoms with van der Waals surface area (Å²) in [5.74, 6) is -0.242. The molecule has 39 heavy (non-hydrogen) atoms. The first-order chi connectivity index (χ1) is 18.7. The van der Waals surface area contributed by atoms with Crippen LogP contribution in [0, 0.1) is 11.3 Å². The molecule has 5 aromatic rings. The van der Waals surface area contributed by atoms with Crippen LogP contribution < -0.4 is 10.6 Å². The molecule has 0 aliphatic heterocycles. The maximum absolute atomic E-state index is 14.3. The fraction of sp³-hybridized carbons (Fsp3) is 0.192. The van der Waals surface area contributed by atoms with Crippen molar-refractivity contribution in [1.82, 2.24) is 40.1 Å². The summed E-state index contributed by atoms with van der Waals surface area (Å²) < 4.78 is 15.9. The summed E-state index contributed by atoms with van der Waals surface area (Å²) in [6.45, 7) is 2.26. The minimum atomic E-state index is -1.68. The van der Waals surface area contributed by atoms with Crippen LogP contribution >= 0.6 is 0 Å². The molecule has 5 aromatic heterocycles. The molecule has 1 amide bonds. The highest BCUT2D eigenvalue weighted by Gasteiger charge is 2.27. The number of carbonyl (C=O) groups is 1. The Hall–Kier alpha value is -5.22. The fourth-order valence-corrected chi connectivity index (χ4v) is 3.73. The number of nitrogens with one attached hydrogen (secondary N) is 3. The van der Waals surface area contributed by atoms with E-state index in [1.54, 1.807) is 47.4 Å². The largest absolute Gasteiger partial charge is 0.387 e. The van der Waals surface area contributed by atoms with E-state index in [4.69, 9.17) is 5.26 Å². The number of anilines is 2. The number of alkyl halides is 1. The Morgan fingerprint density at radius 3 is 2.67 bits per heavy atom. The summed E-state index contributed by atoms with van der Waals surface area (Å²) in [5.41, 5.74) is 2.44. The maximum atomic E-state index is 14.3. The van der Waals surface area contributed by atoms with E-state index in [-0.39, 0.29) is 5.56 Å². The number of aliphatic hydroxyl groups is 1. The van der Waals surface area contributed by atoms with Crippen LogP contribution in [0.5, 0.6) is 0 Å². The quantitative estimate of drug-likeness (QED) is 0.237. The topological polar surface area (TPSA) is 170 Å². The van der Waals surface area contributed by atoms with Crippen molar-refractivity contribution in [2.45, 2.75) is 25.6 Å². The summed E-state index contributed by atoms with van der Waals surface area (Å²) >= 11 is 0. The molecule has 0 aliphatic rings. The van der Waals surface area contributed by atoms with Crippen LogP contribution in [0.2, 0.25) is 0 Å². The molecule has 13 heteroatoms. The summed E-state index contributed by atoms with van der Waals surface area (Å²) in [6.07, 6.45) is 7.51. The van der Waals surface area contributed by atoms with Crippen LogP contribution in [0.3, 0.4) is 0 Å². The van der Waals surface area contributed by atoms with Gasteiger partial charge in [0.15, 0.2) is 0 Å². The van der Waals surface area contributed by atoms with E-state index in [1.165, 1.54) is 32.4 Å². The van der Waals surface area contributed by atoms with Gasteiger partial charge in [0.25, 0.3) is 5.91 Å². The smallest absolute Gasteiger partial charge is 0.255 e. The summed E-state index contributed by atoms with van der Waals surface area (Å²) in [5, 5.41) is 35.6. The number of aromatic amines is 1. The van der Waals surface area contributed by atoms with E-state index in [0.29, 0.717) is 39.7 Å². The Bertz CT molecular complexity index is 1670. The first kappa shape index (κ1) is 25.4. The number of nitriles is 1. The number of H-pyrrole nitrogens is 1. The molecule has 0 radical (unpaired) electrons. The van der Waals surface area contributed by atoms with E-state index >= 15 is 0 Å². The third-order valence-corrected chi connectivity index (χ3v) is 5.96. The Morgan fingerprint density at radius 1 is 1.15 bits per heavy atom. The average molecular weight is 527 g/mol. The van der Waals surface area contributed by atoms with Crippen molar-refractivity contribution < 1.29 is 14.3 Å². The molecular weight excluding hydrogens is 503 g/mol. The molecule has 0 saturated heterocycles. The van der Waals surface area contributed by atoms with Gasteiger partial charge < -0.3 is 15.7 Å². The number of carbonyl (C=O) groups excluding carboxylic acids is 1. The zero-order chi connectivity index (χ0) is 27.6. The minimum absolute atomic E-state index is 0.128. The number of amides is 1. The molecule has 0 saturated carbocycles. The van der Waals surface area contributed by atoms with Gasteiger partial charge in [0.1, 0.15) is 18.1 Å².